The van der Waals surface area contributed by atoms with E-state index in [1.165, 1.54) is 5.01 Å². The second-order valence-electron chi connectivity index (χ2n) is 3.42. The fraction of sp³-hybridized carbons (Fsp3) is 0.364. The molecule has 1 aliphatic rings. The van der Waals surface area contributed by atoms with Crippen molar-refractivity contribution >= 4 is 11.8 Å². The summed E-state index contributed by atoms with van der Waals surface area (Å²) in [5.41, 5.74) is 4.60. The van der Waals surface area contributed by atoms with Crippen LogP contribution < -0.4 is 10.4 Å². The van der Waals surface area contributed by atoms with Crippen molar-refractivity contribution in [1.82, 2.24) is 5.43 Å². The summed E-state index contributed by atoms with van der Waals surface area (Å²) in [5, 5.41) is 1.36. The number of amides is 1. The van der Waals surface area contributed by atoms with Gasteiger partial charge in [0, 0.05) is 6.61 Å². The minimum atomic E-state index is -0.697. The Morgan fingerprint density at radius 3 is 2.94 bits per heavy atom. The highest BCUT2D eigenvalue weighted by Gasteiger charge is 2.32. The third-order valence-corrected chi connectivity index (χ3v) is 2.30. The number of anilines is 1. The van der Waals surface area contributed by atoms with Crippen LogP contribution in [0.4, 0.5) is 10.5 Å². The molecule has 1 aromatic rings. The van der Waals surface area contributed by atoms with Crippen LogP contribution in [0.3, 0.4) is 0 Å². The van der Waals surface area contributed by atoms with Gasteiger partial charge in [0.25, 0.3) is 6.41 Å². The van der Waals surface area contributed by atoms with Crippen molar-refractivity contribution in [2.75, 3.05) is 11.6 Å². The van der Waals surface area contributed by atoms with Crippen LogP contribution in [0.15, 0.2) is 24.3 Å². The fourth-order valence-electron chi connectivity index (χ4n) is 1.53. The number of rotatable bonds is 3. The van der Waals surface area contributed by atoms with Crippen LogP contribution in [-0.4, -0.2) is 19.1 Å². The highest BCUT2D eigenvalue weighted by atomic mass is 16.7. The molecule has 1 N–H and O–H groups in total. The molecule has 1 amide bonds. The number of para-hydroxylation sites is 1. The Labute approximate surface area is 93.9 Å². The van der Waals surface area contributed by atoms with Crippen molar-refractivity contribution in [1.29, 1.82) is 0 Å². The average Bonchev–Trinajstić information content (AvgIpc) is 2.61. The third-order valence-electron chi connectivity index (χ3n) is 2.30. The second kappa shape index (κ2) is 4.51. The van der Waals surface area contributed by atoms with Crippen LogP contribution in [0.25, 0.3) is 0 Å². The molecular formula is C11H14N2O3. The van der Waals surface area contributed by atoms with E-state index in [0.717, 1.165) is 11.3 Å². The van der Waals surface area contributed by atoms with E-state index in [9.17, 15) is 4.79 Å². The third kappa shape index (κ3) is 2.00. The molecule has 1 fully saturated rings. The largest absolute Gasteiger partial charge is 0.432 e. The average molecular weight is 222 g/mol. The van der Waals surface area contributed by atoms with Gasteiger partial charge < -0.3 is 9.47 Å². The Morgan fingerprint density at radius 2 is 2.25 bits per heavy atom. The predicted molar refractivity (Wildman–Crippen MR) is 58.7 cm³/mol. The quantitative estimate of drug-likeness (QED) is 0.846. The summed E-state index contributed by atoms with van der Waals surface area (Å²) in [7, 11) is 0. The molecule has 5 nitrogen and oxygen atoms in total. The molecule has 0 bridgehead atoms. The first-order chi connectivity index (χ1) is 7.72. The highest BCUT2D eigenvalue weighted by Crippen LogP contribution is 2.22. The number of hydrazine groups is 1. The van der Waals surface area contributed by atoms with Gasteiger partial charge >= 0.3 is 6.09 Å². The lowest BCUT2D eigenvalue weighted by atomic mass is 10.2. The molecule has 0 aliphatic carbocycles. The number of carbonyl (C=O) groups is 1. The maximum Gasteiger partial charge on any atom is 0.432 e. The highest BCUT2D eigenvalue weighted by molar-refractivity contribution is 5.89. The van der Waals surface area contributed by atoms with Crippen molar-refractivity contribution in [3.05, 3.63) is 29.8 Å². The van der Waals surface area contributed by atoms with Gasteiger partial charge in [0.1, 0.15) is 0 Å². The van der Waals surface area contributed by atoms with E-state index >= 15 is 0 Å². The van der Waals surface area contributed by atoms with E-state index in [4.69, 9.17) is 9.47 Å². The summed E-state index contributed by atoms with van der Waals surface area (Å²) in [6, 6.07) is 7.56. The number of nitrogens with one attached hydrogen (secondary N) is 1. The maximum absolute atomic E-state index is 11.6. The number of hydrogen-bond acceptors (Lipinski definition) is 4. The molecule has 0 spiro atoms. The van der Waals surface area contributed by atoms with E-state index in [0.29, 0.717) is 6.61 Å². The lowest BCUT2D eigenvalue weighted by Crippen LogP contribution is -2.38. The molecule has 1 saturated heterocycles. The van der Waals surface area contributed by atoms with Gasteiger partial charge in [-0.05, 0) is 25.5 Å². The predicted octanol–water partition coefficient (Wildman–Crippen LogP) is 1.78. The second-order valence-corrected chi connectivity index (χ2v) is 3.42. The summed E-state index contributed by atoms with van der Waals surface area (Å²) in [5.74, 6) is 0. The minimum absolute atomic E-state index is 0.451. The number of cyclic esters (lactones) is 1. The topological polar surface area (TPSA) is 50.8 Å². The van der Waals surface area contributed by atoms with E-state index < -0.39 is 12.5 Å². The zero-order chi connectivity index (χ0) is 11.5. The smallest absolute Gasteiger partial charge is 0.402 e. The Bertz CT molecular complexity index is 395. The molecule has 1 heterocycles. The van der Waals surface area contributed by atoms with Crippen LogP contribution in [0.1, 0.15) is 12.5 Å². The summed E-state index contributed by atoms with van der Waals surface area (Å²) in [4.78, 5) is 11.6. The Hall–Kier alpha value is -1.59. The van der Waals surface area contributed by atoms with Crippen LogP contribution in [0.2, 0.25) is 0 Å². The SMILES string of the molecule is CCOC1NN(c2ccccc2C)C(=O)O1. The summed E-state index contributed by atoms with van der Waals surface area (Å²) < 4.78 is 10.1. The van der Waals surface area contributed by atoms with Crippen molar-refractivity contribution in [3.8, 4) is 0 Å². The number of carbonyl (C=O) groups excluding carboxylic acids is 1. The monoisotopic (exact) mass is 222 g/mol. The molecule has 0 saturated carbocycles. The number of nitrogens with zero attached hydrogens (tertiary/aromatic N) is 1. The van der Waals surface area contributed by atoms with Gasteiger partial charge in [-0.1, -0.05) is 18.2 Å². The minimum Gasteiger partial charge on any atom is -0.402 e. The van der Waals surface area contributed by atoms with Gasteiger partial charge in [0.05, 0.1) is 5.69 Å². The van der Waals surface area contributed by atoms with E-state index in [-0.39, 0.29) is 0 Å². The van der Waals surface area contributed by atoms with Crippen molar-refractivity contribution in [2.45, 2.75) is 20.3 Å². The van der Waals surface area contributed by atoms with E-state index in [2.05, 4.69) is 5.43 Å². The van der Waals surface area contributed by atoms with Gasteiger partial charge in [0.2, 0.25) is 0 Å². The van der Waals surface area contributed by atoms with Crippen molar-refractivity contribution < 1.29 is 14.3 Å². The Kier molecular flexibility index (Phi) is 3.07. The molecule has 2 rings (SSSR count). The molecule has 5 heteroatoms. The van der Waals surface area contributed by atoms with Gasteiger partial charge in [-0.15, -0.1) is 0 Å². The molecule has 86 valence electrons. The van der Waals surface area contributed by atoms with Crippen LogP contribution >= 0.6 is 0 Å². The molecule has 1 aliphatic heterocycles. The summed E-state index contributed by atoms with van der Waals surface area (Å²) in [6.07, 6.45) is -1.15. The van der Waals surface area contributed by atoms with Crippen molar-refractivity contribution in [2.24, 2.45) is 0 Å². The molecule has 16 heavy (non-hydrogen) atoms. The molecule has 1 unspecified atom stereocenters. The van der Waals surface area contributed by atoms with Gasteiger partial charge in [-0.25, -0.2) is 9.80 Å². The normalized spacial score (nSPS) is 20.0. The summed E-state index contributed by atoms with van der Waals surface area (Å²) in [6.45, 7) is 4.25. The Morgan fingerprint density at radius 1 is 1.50 bits per heavy atom. The first kappa shape index (κ1) is 10.9. The van der Waals surface area contributed by atoms with Crippen LogP contribution in [0, 0.1) is 6.92 Å². The zero-order valence-corrected chi connectivity index (χ0v) is 9.27. The summed E-state index contributed by atoms with van der Waals surface area (Å²) >= 11 is 0. The fourth-order valence-corrected chi connectivity index (χ4v) is 1.53. The van der Waals surface area contributed by atoms with Gasteiger partial charge in [0.15, 0.2) is 0 Å². The zero-order valence-electron chi connectivity index (χ0n) is 9.27. The van der Waals surface area contributed by atoms with Crippen LogP contribution in [0.5, 0.6) is 0 Å². The van der Waals surface area contributed by atoms with Crippen molar-refractivity contribution in [3.63, 3.8) is 0 Å². The van der Waals surface area contributed by atoms with Crippen LogP contribution in [-0.2, 0) is 9.47 Å². The molecule has 0 radical (unpaired) electrons. The maximum atomic E-state index is 11.6. The first-order valence-electron chi connectivity index (χ1n) is 5.16. The number of aryl methyl sites for hydroxylation is 1. The van der Waals surface area contributed by atoms with Gasteiger partial charge in [-0.2, -0.15) is 5.43 Å². The Balaban J connectivity index is 2.17. The number of ether oxygens (including phenoxy) is 2. The standard InChI is InChI=1S/C11H14N2O3/c1-3-15-10-12-13(11(14)16-10)9-7-5-4-6-8(9)2/h4-7,10,12H,3H2,1-2H3. The molecular weight excluding hydrogens is 208 g/mol. The molecule has 1 atom stereocenters. The van der Waals surface area contributed by atoms with Gasteiger partial charge in [-0.3, -0.25) is 0 Å². The van der Waals surface area contributed by atoms with E-state index in [1.807, 2.05) is 38.1 Å². The molecule has 1 aromatic carbocycles. The number of hydrogen-bond donors (Lipinski definition) is 1. The molecule has 0 aromatic heterocycles. The first-order valence-corrected chi connectivity index (χ1v) is 5.16. The van der Waals surface area contributed by atoms with E-state index in [1.54, 1.807) is 0 Å². The number of benzene rings is 1. The lowest BCUT2D eigenvalue weighted by molar-refractivity contribution is -0.0924. The lowest BCUT2D eigenvalue weighted by Gasteiger charge is -2.15.